The summed E-state index contributed by atoms with van der Waals surface area (Å²) in [7, 11) is 0. The Labute approximate surface area is 210 Å². The maximum atomic E-state index is 11.7. The Hall–Kier alpha value is -1.05. The van der Waals surface area contributed by atoms with Gasteiger partial charge in [0, 0.05) is 6.92 Å². The minimum absolute atomic E-state index is 0.111. The number of hydrogen-bond acceptors (Lipinski definition) is 2. The maximum absolute atomic E-state index is 11.7. The summed E-state index contributed by atoms with van der Waals surface area (Å²) in [5.74, 6) is 4.91. The summed E-state index contributed by atoms with van der Waals surface area (Å²) < 4.78 is 5.76. The smallest absolute Gasteiger partial charge is 0.302 e. The lowest BCUT2D eigenvalue weighted by Crippen LogP contribution is -2.53. The molecule has 192 valence electrons. The van der Waals surface area contributed by atoms with E-state index in [1.54, 1.807) is 6.92 Å². The Bertz CT molecular complexity index is 810. The van der Waals surface area contributed by atoms with Crippen LogP contribution in [0.2, 0.25) is 0 Å². The van der Waals surface area contributed by atoms with Crippen LogP contribution in [0.5, 0.6) is 0 Å². The van der Waals surface area contributed by atoms with Crippen LogP contribution in [0, 0.1) is 52.3 Å². The van der Waals surface area contributed by atoms with Crippen molar-refractivity contribution in [2.75, 3.05) is 0 Å². The van der Waals surface area contributed by atoms with E-state index < -0.39 is 0 Å². The van der Waals surface area contributed by atoms with Gasteiger partial charge in [0.2, 0.25) is 0 Å². The highest BCUT2D eigenvalue weighted by Gasteiger charge is 2.59. The van der Waals surface area contributed by atoms with Crippen molar-refractivity contribution in [3.63, 3.8) is 0 Å². The van der Waals surface area contributed by atoms with Crippen molar-refractivity contribution in [1.29, 1.82) is 0 Å². The molecular formula is C32H52O2. The predicted octanol–water partition coefficient (Wildman–Crippen LogP) is 8.76. The predicted molar refractivity (Wildman–Crippen MR) is 142 cm³/mol. The number of allylic oxidation sites excluding steroid dienone is 3. The maximum Gasteiger partial charge on any atom is 0.302 e. The molecule has 0 aromatic carbocycles. The fraction of sp³-hybridized carbons (Fsp3) is 0.844. The Balaban J connectivity index is 1.50. The van der Waals surface area contributed by atoms with Crippen molar-refractivity contribution >= 4 is 5.97 Å². The van der Waals surface area contributed by atoms with Crippen LogP contribution >= 0.6 is 0 Å². The molecule has 3 fully saturated rings. The number of ether oxygens (including phenoxy) is 1. The van der Waals surface area contributed by atoms with Crippen LogP contribution in [0.3, 0.4) is 0 Å². The molecule has 0 heterocycles. The molecule has 0 spiro atoms. The monoisotopic (exact) mass is 468 g/mol. The molecule has 0 aromatic rings. The van der Waals surface area contributed by atoms with Gasteiger partial charge in [-0.25, -0.2) is 0 Å². The van der Waals surface area contributed by atoms with E-state index in [0.717, 1.165) is 30.1 Å². The molecule has 0 radical (unpaired) electrons. The summed E-state index contributed by atoms with van der Waals surface area (Å²) in [5.41, 5.74) is 4.07. The van der Waals surface area contributed by atoms with Gasteiger partial charge in [0.05, 0.1) is 0 Å². The first-order valence-electron chi connectivity index (χ1n) is 14.6. The van der Waals surface area contributed by atoms with Crippen molar-refractivity contribution in [2.45, 2.75) is 119 Å². The zero-order chi connectivity index (χ0) is 24.8. The van der Waals surface area contributed by atoms with Crippen molar-refractivity contribution in [3.8, 4) is 0 Å². The van der Waals surface area contributed by atoms with E-state index in [9.17, 15) is 4.79 Å². The lowest BCUT2D eigenvalue weighted by molar-refractivity contribution is -0.158. The summed E-state index contributed by atoms with van der Waals surface area (Å²) in [6.07, 6.45) is 15.7. The first kappa shape index (κ1) is 26.0. The van der Waals surface area contributed by atoms with Gasteiger partial charge in [-0.2, -0.15) is 0 Å². The van der Waals surface area contributed by atoms with Gasteiger partial charge in [-0.15, -0.1) is 0 Å². The standard InChI is InChI=1S/C32H52O2/c1-9-24(20(2)3)11-10-21(4)26-14-15-28-25-12-13-27-22(5)30(34-23(6)33)17-19-32(27,8)29(25)16-18-31(26,28)7/h12,21-22,24,26-30H,2,9-11,13-19H2,1,3-8H3. The first-order chi connectivity index (χ1) is 16.0. The molecule has 0 bridgehead atoms. The molecular weight excluding hydrogens is 416 g/mol. The van der Waals surface area contributed by atoms with E-state index in [4.69, 9.17) is 4.74 Å². The average molecular weight is 469 g/mol. The number of fused-ring (bicyclic) bond motifs is 5. The topological polar surface area (TPSA) is 26.3 Å². The number of hydrogen-bond donors (Lipinski definition) is 0. The Kier molecular flexibility index (Phi) is 7.48. The fourth-order valence-corrected chi connectivity index (χ4v) is 9.75. The van der Waals surface area contributed by atoms with Gasteiger partial charge in [0.25, 0.3) is 0 Å². The van der Waals surface area contributed by atoms with Crippen LogP contribution in [0.25, 0.3) is 0 Å². The number of esters is 1. The molecule has 0 N–H and O–H groups in total. The third-order valence-corrected chi connectivity index (χ3v) is 11.8. The largest absolute Gasteiger partial charge is 0.462 e. The Morgan fingerprint density at radius 2 is 1.76 bits per heavy atom. The van der Waals surface area contributed by atoms with Gasteiger partial charge in [0.1, 0.15) is 6.10 Å². The quantitative estimate of drug-likeness (QED) is 0.276. The second-order valence-electron chi connectivity index (χ2n) is 13.4. The molecule has 2 nitrogen and oxygen atoms in total. The Morgan fingerprint density at radius 3 is 2.41 bits per heavy atom. The molecule has 10 atom stereocenters. The molecule has 4 aliphatic rings. The molecule has 4 rings (SSSR count). The minimum atomic E-state index is -0.111. The molecule has 2 heteroatoms. The van der Waals surface area contributed by atoms with E-state index in [0.29, 0.717) is 28.6 Å². The second kappa shape index (κ2) is 9.78. The lowest BCUT2D eigenvalue weighted by Gasteiger charge is -2.59. The van der Waals surface area contributed by atoms with Gasteiger partial charge < -0.3 is 4.74 Å². The molecule has 0 aromatic heterocycles. The third-order valence-electron chi connectivity index (χ3n) is 11.8. The van der Waals surface area contributed by atoms with Gasteiger partial charge >= 0.3 is 5.97 Å². The zero-order valence-electron chi connectivity index (χ0n) is 23.3. The summed E-state index contributed by atoms with van der Waals surface area (Å²) in [5, 5.41) is 0. The van der Waals surface area contributed by atoms with Crippen LogP contribution in [-0.4, -0.2) is 12.1 Å². The molecule has 4 aliphatic carbocycles. The lowest BCUT2D eigenvalue weighted by atomic mass is 9.46. The number of carbonyl (C=O) groups excluding carboxylic acids is 1. The summed E-state index contributed by atoms with van der Waals surface area (Å²) in [6, 6.07) is 0. The summed E-state index contributed by atoms with van der Waals surface area (Å²) in [6.45, 7) is 20.5. The van der Waals surface area contributed by atoms with Gasteiger partial charge in [-0.3, -0.25) is 4.79 Å². The number of carbonyl (C=O) groups is 1. The Morgan fingerprint density at radius 1 is 1.09 bits per heavy atom. The fourth-order valence-electron chi connectivity index (χ4n) is 9.75. The number of rotatable bonds is 7. The van der Waals surface area contributed by atoms with Crippen LogP contribution < -0.4 is 0 Å². The van der Waals surface area contributed by atoms with Crippen molar-refractivity contribution in [1.82, 2.24) is 0 Å². The summed E-state index contributed by atoms with van der Waals surface area (Å²) >= 11 is 0. The van der Waals surface area contributed by atoms with E-state index >= 15 is 0 Å². The molecule has 10 unspecified atom stereocenters. The molecule has 34 heavy (non-hydrogen) atoms. The van der Waals surface area contributed by atoms with E-state index in [1.807, 2.05) is 5.57 Å². The van der Waals surface area contributed by atoms with E-state index in [-0.39, 0.29) is 12.1 Å². The van der Waals surface area contributed by atoms with Crippen molar-refractivity contribution in [2.24, 2.45) is 52.3 Å². The SMILES string of the molecule is C=C(C)C(CC)CCC(C)C1CCC2C3=CCC4C(C)C(OC(C)=O)CCC4(C)C3CCC21C. The normalized spacial score (nSPS) is 43.1. The highest BCUT2D eigenvalue weighted by atomic mass is 16.5. The summed E-state index contributed by atoms with van der Waals surface area (Å²) in [4.78, 5) is 11.7. The molecule has 3 saturated carbocycles. The van der Waals surface area contributed by atoms with Gasteiger partial charge in [0.15, 0.2) is 0 Å². The molecule has 0 amide bonds. The highest BCUT2D eigenvalue weighted by Crippen LogP contribution is 2.67. The zero-order valence-corrected chi connectivity index (χ0v) is 23.3. The van der Waals surface area contributed by atoms with Gasteiger partial charge in [-0.1, -0.05) is 58.4 Å². The van der Waals surface area contributed by atoms with Crippen LogP contribution in [-0.2, 0) is 9.53 Å². The van der Waals surface area contributed by atoms with Crippen LogP contribution in [0.4, 0.5) is 0 Å². The van der Waals surface area contributed by atoms with Crippen molar-refractivity contribution in [3.05, 3.63) is 23.8 Å². The minimum Gasteiger partial charge on any atom is -0.462 e. The third kappa shape index (κ3) is 4.34. The second-order valence-corrected chi connectivity index (χ2v) is 13.4. The van der Waals surface area contributed by atoms with E-state index in [1.165, 1.54) is 63.4 Å². The van der Waals surface area contributed by atoms with Gasteiger partial charge in [-0.05, 0) is 123 Å². The van der Waals surface area contributed by atoms with E-state index in [2.05, 4.69) is 54.2 Å². The molecule has 0 saturated heterocycles. The highest BCUT2D eigenvalue weighted by molar-refractivity contribution is 5.66. The van der Waals surface area contributed by atoms with Crippen LogP contribution in [0.15, 0.2) is 23.8 Å². The van der Waals surface area contributed by atoms with Crippen molar-refractivity contribution < 1.29 is 9.53 Å². The average Bonchev–Trinajstić information content (AvgIpc) is 3.13. The van der Waals surface area contributed by atoms with Crippen LogP contribution in [0.1, 0.15) is 113 Å². The molecule has 0 aliphatic heterocycles. The first-order valence-corrected chi connectivity index (χ1v) is 14.6.